The van der Waals surface area contributed by atoms with Crippen LogP contribution in [0.1, 0.15) is 46.5 Å². The third-order valence-corrected chi connectivity index (χ3v) is 3.60. The van der Waals surface area contributed by atoms with Crippen LogP contribution in [0.2, 0.25) is 0 Å². The maximum Gasteiger partial charge on any atom is 0.469 e. The van der Waals surface area contributed by atoms with Crippen molar-refractivity contribution in [1.29, 1.82) is 0 Å². The summed E-state index contributed by atoms with van der Waals surface area (Å²) in [5, 5.41) is 2.84. The Bertz CT molecular complexity index is 320. The zero-order valence-electron chi connectivity index (χ0n) is 12.6. The highest BCUT2D eigenvalue weighted by Crippen LogP contribution is 2.44. The molecule has 0 aliphatic carbocycles. The van der Waals surface area contributed by atoms with Crippen LogP contribution in [-0.4, -0.2) is 30.1 Å². The number of rotatable bonds is 11. The fraction of sp³-hybridized carbons (Fsp3) is 0.846. The molecule has 2 unspecified atom stereocenters. The molecule has 0 saturated heterocycles. The van der Waals surface area contributed by atoms with Crippen LogP contribution in [-0.2, 0) is 18.4 Å². The first-order chi connectivity index (χ1) is 9.24. The zero-order valence-corrected chi connectivity index (χ0v) is 13.5. The van der Waals surface area contributed by atoms with E-state index in [0.29, 0.717) is 13.0 Å². The summed E-state index contributed by atoms with van der Waals surface area (Å²) in [6.07, 6.45) is 2.79. The number of carbonyl (C=O) groups excluding carboxylic acids is 1. The van der Waals surface area contributed by atoms with Crippen LogP contribution in [0, 0.1) is 12.8 Å². The van der Waals surface area contributed by atoms with Crippen molar-refractivity contribution in [2.45, 2.75) is 52.6 Å². The van der Waals surface area contributed by atoms with Gasteiger partial charge in [0, 0.05) is 12.5 Å². The van der Waals surface area contributed by atoms with Crippen molar-refractivity contribution in [3.8, 4) is 0 Å². The van der Waals surface area contributed by atoms with Gasteiger partial charge >= 0.3 is 7.82 Å². The molecular formula is C13H27NO5P-. The lowest BCUT2D eigenvalue weighted by molar-refractivity contribution is -0.123. The molecule has 0 aliphatic heterocycles. The number of unbranched alkanes of at least 4 members (excludes halogenated alkanes) is 3. The maximum atomic E-state index is 11.3. The number of nitrogens with one attached hydrogen (secondary N) is 1. The fourth-order valence-corrected chi connectivity index (χ4v) is 2.31. The first kappa shape index (κ1) is 19.6. The highest BCUT2D eigenvalue weighted by molar-refractivity contribution is 7.47. The number of phosphoric acid groups is 1. The Morgan fingerprint density at radius 2 is 1.85 bits per heavy atom. The van der Waals surface area contributed by atoms with Gasteiger partial charge in [-0.15, -0.1) is 0 Å². The molecule has 7 heteroatoms. The van der Waals surface area contributed by atoms with Crippen molar-refractivity contribution in [1.82, 2.24) is 5.32 Å². The molecule has 120 valence electrons. The van der Waals surface area contributed by atoms with Gasteiger partial charge in [-0.25, -0.2) is 4.57 Å². The van der Waals surface area contributed by atoms with Crippen molar-refractivity contribution in [2.24, 2.45) is 5.92 Å². The lowest BCUT2D eigenvalue weighted by Gasteiger charge is -2.17. The van der Waals surface area contributed by atoms with Crippen LogP contribution in [0.15, 0.2) is 0 Å². The van der Waals surface area contributed by atoms with Gasteiger partial charge in [0.15, 0.2) is 0 Å². The van der Waals surface area contributed by atoms with Crippen molar-refractivity contribution in [3.05, 3.63) is 6.92 Å². The summed E-state index contributed by atoms with van der Waals surface area (Å²) in [6, 6.07) is 0. The van der Waals surface area contributed by atoms with E-state index >= 15 is 0 Å². The van der Waals surface area contributed by atoms with Gasteiger partial charge < -0.3 is 21.7 Å². The Hall–Kier alpha value is -0.420. The maximum absolute atomic E-state index is 11.3. The highest BCUT2D eigenvalue weighted by Gasteiger charge is 2.19. The Morgan fingerprint density at radius 3 is 2.40 bits per heavy atom. The number of carbonyl (C=O) groups is 1. The molecule has 2 N–H and O–H groups in total. The molecule has 6 nitrogen and oxygen atoms in total. The van der Waals surface area contributed by atoms with Gasteiger partial charge in [0.25, 0.3) is 0 Å². The predicted octanol–water partition coefficient (Wildman–Crippen LogP) is 2.68. The van der Waals surface area contributed by atoms with Gasteiger partial charge in [0.1, 0.15) is 0 Å². The van der Waals surface area contributed by atoms with E-state index in [-0.39, 0.29) is 18.4 Å². The minimum Gasteiger partial charge on any atom is -0.356 e. The average Bonchev–Trinajstić information content (AvgIpc) is 2.30. The first-order valence-electron chi connectivity index (χ1n) is 7.01. The molecule has 20 heavy (non-hydrogen) atoms. The summed E-state index contributed by atoms with van der Waals surface area (Å²) in [5.74, 6) is 0.0755. The van der Waals surface area contributed by atoms with E-state index in [1.165, 1.54) is 0 Å². The molecule has 0 radical (unpaired) electrons. The molecule has 2 atom stereocenters. The van der Waals surface area contributed by atoms with E-state index in [4.69, 9.17) is 4.52 Å². The fourth-order valence-electron chi connectivity index (χ4n) is 1.43. The van der Waals surface area contributed by atoms with Crippen LogP contribution in [0.5, 0.6) is 0 Å². The highest BCUT2D eigenvalue weighted by atomic mass is 31.2. The van der Waals surface area contributed by atoms with Crippen LogP contribution in [0.4, 0.5) is 0 Å². The lowest BCUT2D eigenvalue weighted by atomic mass is 10.2. The van der Waals surface area contributed by atoms with E-state index in [1.54, 1.807) is 6.92 Å². The summed E-state index contributed by atoms with van der Waals surface area (Å²) in [6.45, 7) is 9.58. The summed E-state index contributed by atoms with van der Waals surface area (Å²) in [4.78, 5) is 20.5. The summed E-state index contributed by atoms with van der Waals surface area (Å²) in [5.41, 5.74) is 0. The molecular weight excluding hydrogens is 281 g/mol. The minimum absolute atomic E-state index is 0.0116. The van der Waals surface area contributed by atoms with Gasteiger partial charge in [0.05, 0.1) is 6.61 Å². The van der Waals surface area contributed by atoms with Crippen LogP contribution in [0.25, 0.3) is 0 Å². The van der Waals surface area contributed by atoms with E-state index in [0.717, 1.165) is 19.3 Å². The molecule has 0 aromatic carbocycles. The Balaban J connectivity index is 3.45. The summed E-state index contributed by atoms with van der Waals surface area (Å²) >= 11 is 0. The molecule has 0 saturated carbocycles. The van der Waals surface area contributed by atoms with Crippen LogP contribution >= 0.6 is 7.82 Å². The third-order valence-electron chi connectivity index (χ3n) is 2.46. The molecule has 0 spiro atoms. The van der Waals surface area contributed by atoms with Crippen molar-refractivity contribution in [3.63, 3.8) is 0 Å². The molecule has 1 amide bonds. The largest absolute Gasteiger partial charge is 0.469 e. The summed E-state index contributed by atoms with van der Waals surface area (Å²) in [7, 11) is -3.95. The standard InChI is InChI=1S/C13H27NO5P/c1-11(2)13(15)14-9-7-5-6-8-10-18-20(16,17)19-12(3)4/h11-12H,3,5-10H2,1-2,4H3,(H,14,15)(H,16,17)/q-1. The normalized spacial score (nSPS) is 15.9. The van der Waals surface area contributed by atoms with Crippen LogP contribution in [0.3, 0.4) is 0 Å². The number of hydrogen-bond acceptors (Lipinski definition) is 4. The number of phosphoric ester groups is 1. The van der Waals surface area contributed by atoms with Crippen molar-refractivity contribution >= 4 is 13.7 Å². The second-order valence-electron chi connectivity index (χ2n) is 5.08. The van der Waals surface area contributed by atoms with Gasteiger partial charge in [-0.3, -0.25) is 9.32 Å². The topological polar surface area (TPSA) is 84.9 Å². The Labute approximate surface area is 121 Å². The van der Waals surface area contributed by atoms with Gasteiger partial charge in [-0.2, -0.15) is 0 Å². The zero-order chi connectivity index (χ0) is 15.6. The molecule has 0 aromatic heterocycles. The second kappa shape index (κ2) is 10.3. The average molecular weight is 308 g/mol. The molecule has 0 heterocycles. The van der Waals surface area contributed by atoms with E-state index in [1.807, 2.05) is 13.8 Å². The minimum atomic E-state index is -3.95. The van der Waals surface area contributed by atoms with Crippen molar-refractivity contribution < 1.29 is 23.3 Å². The molecule has 0 bridgehead atoms. The number of hydrogen-bond donors (Lipinski definition) is 2. The second-order valence-corrected chi connectivity index (χ2v) is 6.48. The lowest BCUT2D eigenvalue weighted by Crippen LogP contribution is -2.28. The first-order valence-corrected chi connectivity index (χ1v) is 8.50. The van der Waals surface area contributed by atoms with Gasteiger partial charge in [-0.1, -0.05) is 39.7 Å². The van der Waals surface area contributed by atoms with E-state index in [2.05, 4.69) is 16.8 Å². The SMILES string of the molecule is [CH2-]C(C)OP(=O)(O)OCCCCCCNC(=O)C(C)C. The van der Waals surface area contributed by atoms with Gasteiger partial charge in [-0.05, 0) is 12.8 Å². The Kier molecular flexibility index (Phi) is 10.1. The monoisotopic (exact) mass is 308 g/mol. The molecule has 0 aromatic rings. The third kappa shape index (κ3) is 11.4. The van der Waals surface area contributed by atoms with Crippen molar-refractivity contribution in [2.75, 3.05) is 13.2 Å². The smallest absolute Gasteiger partial charge is 0.356 e. The number of amides is 1. The van der Waals surface area contributed by atoms with E-state index < -0.39 is 13.9 Å². The predicted molar refractivity (Wildman–Crippen MR) is 78.0 cm³/mol. The molecule has 0 rings (SSSR count). The molecule has 0 fully saturated rings. The van der Waals surface area contributed by atoms with Gasteiger partial charge in [0.2, 0.25) is 5.91 Å². The van der Waals surface area contributed by atoms with Crippen LogP contribution < -0.4 is 5.32 Å². The molecule has 0 aliphatic rings. The quantitative estimate of drug-likeness (QED) is 0.348. The Morgan fingerprint density at radius 1 is 1.25 bits per heavy atom. The summed E-state index contributed by atoms with van der Waals surface area (Å²) < 4.78 is 20.8. The van der Waals surface area contributed by atoms with E-state index in [9.17, 15) is 14.3 Å².